The van der Waals surface area contributed by atoms with Crippen LogP contribution in [0.15, 0.2) is 55.6 Å². The molecule has 4 aliphatic rings. The Morgan fingerprint density at radius 1 is 1.09 bits per heavy atom. The molecule has 2 unspecified atom stereocenters. The maximum Gasteiger partial charge on any atom is 0.248 e. The van der Waals surface area contributed by atoms with Crippen molar-refractivity contribution in [3.63, 3.8) is 0 Å². The predicted molar refractivity (Wildman–Crippen MR) is 162 cm³/mol. The van der Waals surface area contributed by atoms with Crippen LogP contribution in [0.25, 0.3) is 0 Å². The maximum atomic E-state index is 14.7. The highest BCUT2D eigenvalue weighted by atomic mass is 16.5. The molecule has 43 heavy (non-hydrogen) atoms. The summed E-state index contributed by atoms with van der Waals surface area (Å²) in [7, 11) is 0. The average molecular weight is 595 g/mol. The molecule has 1 spiro atoms. The van der Waals surface area contributed by atoms with Crippen LogP contribution in [-0.4, -0.2) is 126 Å². The van der Waals surface area contributed by atoms with Gasteiger partial charge in [0.1, 0.15) is 11.6 Å². The fraction of sp³-hybridized carbons (Fsp3) is 0.606. The number of benzene rings is 1. The standard InChI is InChI=1S/C33H46N4O6/c1-4-14-35(15-5-2)30(39)27-26-12-13-33(43-26)28(27)31(40)37(25(23-38)24-10-8-7-9-11-24)29(33)32(41)36(16-6-3)18-17-34-19-21-42-22-20-34/h4,6-11,25-29,38H,1,3,5,12-23H2,2H3/t25-,26-,27+,28+,29?,33?/m1/s1. The summed E-state index contributed by atoms with van der Waals surface area (Å²) in [6, 6.07) is 7.56. The minimum absolute atomic E-state index is 0.129. The van der Waals surface area contributed by atoms with Crippen LogP contribution >= 0.6 is 0 Å². The van der Waals surface area contributed by atoms with Crippen LogP contribution in [0.2, 0.25) is 0 Å². The molecule has 1 aromatic carbocycles. The molecule has 3 amide bonds. The van der Waals surface area contributed by atoms with Gasteiger partial charge in [0.2, 0.25) is 17.7 Å². The highest BCUT2D eigenvalue weighted by Crippen LogP contribution is 2.60. The van der Waals surface area contributed by atoms with E-state index in [2.05, 4.69) is 18.1 Å². The van der Waals surface area contributed by atoms with Gasteiger partial charge in [-0.3, -0.25) is 19.3 Å². The largest absolute Gasteiger partial charge is 0.394 e. The fourth-order valence-electron chi connectivity index (χ4n) is 7.65. The number of aliphatic hydroxyl groups excluding tert-OH is 1. The number of hydrogen-bond donors (Lipinski definition) is 1. The third-order valence-corrected chi connectivity index (χ3v) is 9.56. The van der Waals surface area contributed by atoms with E-state index < -0.39 is 35.6 Å². The number of rotatable bonds is 14. The van der Waals surface area contributed by atoms with Crippen LogP contribution in [0.4, 0.5) is 0 Å². The van der Waals surface area contributed by atoms with E-state index in [0.717, 1.165) is 25.1 Å². The SMILES string of the molecule is C=CCN(CCN1CCOCC1)C(=O)C1N([C@H](CO)c2ccccc2)C(=O)[C@@H]2[C@@H](C(=O)N(CC=C)CCC)[C@H]3CCC12O3. The van der Waals surface area contributed by atoms with Crippen molar-refractivity contribution in [2.45, 2.75) is 50.0 Å². The van der Waals surface area contributed by atoms with E-state index in [4.69, 9.17) is 9.47 Å². The van der Waals surface area contributed by atoms with Crippen molar-refractivity contribution in [2.75, 3.05) is 65.6 Å². The number of nitrogens with zero attached hydrogens (tertiary/aromatic N) is 4. The fourth-order valence-corrected chi connectivity index (χ4v) is 7.65. The van der Waals surface area contributed by atoms with Gasteiger partial charge in [-0.2, -0.15) is 0 Å². The monoisotopic (exact) mass is 594 g/mol. The molecule has 234 valence electrons. The van der Waals surface area contributed by atoms with Gasteiger partial charge in [-0.05, 0) is 24.8 Å². The molecule has 4 saturated heterocycles. The molecule has 10 nitrogen and oxygen atoms in total. The number of likely N-dealkylation sites (tertiary alicyclic amines) is 1. The number of amides is 3. The van der Waals surface area contributed by atoms with E-state index >= 15 is 0 Å². The van der Waals surface area contributed by atoms with Crippen molar-refractivity contribution in [1.82, 2.24) is 19.6 Å². The molecule has 4 fully saturated rings. The minimum Gasteiger partial charge on any atom is -0.394 e. The van der Waals surface area contributed by atoms with Gasteiger partial charge in [0.25, 0.3) is 0 Å². The third kappa shape index (κ3) is 5.78. The molecule has 1 N–H and O–H groups in total. The van der Waals surface area contributed by atoms with Crippen LogP contribution in [0, 0.1) is 11.8 Å². The normalized spacial score (nSPS) is 28.9. The van der Waals surface area contributed by atoms with Crippen LogP contribution in [-0.2, 0) is 23.9 Å². The van der Waals surface area contributed by atoms with Gasteiger partial charge in [0, 0.05) is 45.8 Å². The summed E-state index contributed by atoms with van der Waals surface area (Å²) in [6.45, 7) is 14.6. The van der Waals surface area contributed by atoms with E-state index in [0.29, 0.717) is 58.8 Å². The summed E-state index contributed by atoms with van der Waals surface area (Å²) < 4.78 is 12.2. The topological polar surface area (TPSA) is 103 Å². The zero-order valence-electron chi connectivity index (χ0n) is 25.3. The molecule has 0 aliphatic carbocycles. The zero-order chi connectivity index (χ0) is 30.6. The average Bonchev–Trinajstić information content (AvgIpc) is 3.67. The van der Waals surface area contributed by atoms with Gasteiger partial charge in [-0.15, -0.1) is 13.2 Å². The van der Waals surface area contributed by atoms with Crippen molar-refractivity contribution in [1.29, 1.82) is 0 Å². The van der Waals surface area contributed by atoms with E-state index in [1.165, 1.54) is 0 Å². The Hall–Kier alpha value is -3.05. The van der Waals surface area contributed by atoms with Crippen LogP contribution in [0.5, 0.6) is 0 Å². The number of morpholine rings is 1. The lowest BCUT2D eigenvalue weighted by molar-refractivity contribution is -0.152. The predicted octanol–water partition coefficient (Wildman–Crippen LogP) is 1.87. The molecule has 4 heterocycles. The summed E-state index contributed by atoms with van der Waals surface area (Å²) in [5.41, 5.74) is -0.418. The molecule has 0 saturated carbocycles. The van der Waals surface area contributed by atoms with Crippen molar-refractivity contribution in [2.24, 2.45) is 11.8 Å². The van der Waals surface area contributed by atoms with E-state index in [1.807, 2.05) is 37.3 Å². The molecule has 0 aromatic heterocycles. The Bertz CT molecular complexity index is 1170. The zero-order valence-corrected chi connectivity index (χ0v) is 25.3. The summed E-state index contributed by atoms with van der Waals surface area (Å²) in [4.78, 5) is 50.7. The molecule has 10 heteroatoms. The Morgan fingerprint density at radius 2 is 1.77 bits per heavy atom. The van der Waals surface area contributed by atoms with Gasteiger partial charge in [-0.25, -0.2) is 0 Å². The number of aliphatic hydroxyl groups is 1. The van der Waals surface area contributed by atoms with E-state index in [9.17, 15) is 19.5 Å². The molecule has 5 rings (SSSR count). The van der Waals surface area contributed by atoms with E-state index in [-0.39, 0.29) is 24.3 Å². The van der Waals surface area contributed by atoms with Gasteiger partial charge in [0.15, 0.2) is 0 Å². The summed E-state index contributed by atoms with van der Waals surface area (Å²) in [5.74, 6) is -2.16. The van der Waals surface area contributed by atoms with Crippen LogP contribution in [0.3, 0.4) is 0 Å². The smallest absolute Gasteiger partial charge is 0.248 e. The molecule has 4 aliphatic heterocycles. The lowest BCUT2D eigenvalue weighted by atomic mass is 9.70. The van der Waals surface area contributed by atoms with Crippen LogP contribution in [0.1, 0.15) is 37.8 Å². The molecule has 0 radical (unpaired) electrons. The first kappa shape index (κ1) is 31.4. The quantitative estimate of drug-likeness (QED) is 0.328. The first-order valence-corrected chi connectivity index (χ1v) is 15.7. The Labute approximate surface area is 254 Å². The van der Waals surface area contributed by atoms with Gasteiger partial charge >= 0.3 is 0 Å². The van der Waals surface area contributed by atoms with Gasteiger partial charge in [-0.1, -0.05) is 49.4 Å². The first-order chi connectivity index (χ1) is 20.9. The van der Waals surface area contributed by atoms with Crippen LogP contribution < -0.4 is 0 Å². The molecular formula is C33H46N4O6. The third-order valence-electron chi connectivity index (χ3n) is 9.56. The number of carbonyl (C=O) groups excluding carboxylic acids is 3. The number of fused-ring (bicyclic) bond motifs is 1. The first-order valence-electron chi connectivity index (χ1n) is 15.7. The maximum absolute atomic E-state index is 14.7. The lowest BCUT2D eigenvalue weighted by Gasteiger charge is -2.40. The number of hydrogen-bond acceptors (Lipinski definition) is 7. The number of ether oxygens (including phenoxy) is 2. The summed E-state index contributed by atoms with van der Waals surface area (Å²) in [6.07, 6.45) is 4.83. The second-order valence-corrected chi connectivity index (χ2v) is 12.0. The van der Waals surface area contributed by atoms with Crippen molar-refractivity contribution >= 4 is 17.7 Å². The molecular weight excluding hydrogens is 548 g/mol. The highest BCUT2D eigenvalue weighted by molar-refractivity contribution is 5.99. The molecule has 1 aromatic rings. The van der Waals surface area contributed by atoms with Gasteiger partial charge < -0.3 is 29.3 Å². The van der Waals surface area contributed by atoms with Crippen molar-refractivity contribution in [3.8, 4) is 0 Å². The van der Waals surface area contributed by atoms with Crippen molar-refractivity contribution in [3.05, 3.63) is 61.2 Å². The lowest BCUT2D eigenvalue weighted by Crippen LogP contribution is -2.58. The second kappa shape index (κ2) is 13.7. The molecule has 6 atom stereocenters. The van der Waals surface area contributed by atoms with E-state index in [1.54, 1.807) is 26.9 Å². The molecule has 2 bridgehead atoms. The highest BCUT2D eigenvalue weighted by Gasteiger charge is 2.75. The minimum atomic E-state index is -1.15. The second-order valence-electron chi connectivity index (χ2n) is 12.0. The number of carbonyl (C=O) groups is 3. The van der Waals surface area contributed by atoms with Gasteiger partial charge in [0.05, 0.1) is 43.8 Å². The summed E-state index contributed by atoms with van der Waals surface area (Å²) in [5, 5.41) is 10.7. The van der Waals surface area contributed by atoms with Crippen molar-refractivity contribution < 1.29 is 29.0 Å². The Morgan fingerprint density at radius 3 is 2.40 bits per heavy atom. The Kier molecular flexibility index (Phi) is 10.0. The summed E-state index contributed by atoms with van der Waals surface area (Å²) >= 11 is 0. The Balaban J connectivity index is 1.53.